The molecule has 0 aromatic carbocycles. The van der Waals surface area contributed by atoms with Crippen LogP contribution in [0, 0.1) is 6.92 Å². The molecule has 0 amide bonds. The lowest BCUT2D eigenvalue weighted by Gasteiger charge is -2.31. The fourth-order valence-corrected chi connectivity index (χ4v) is 3.53. The van der Waals surface area contributed by atoms with Crippen molar-refractivity contribution in [2.24, 2.45) is 0 Å². The molecule has 2 saturated heterocycles. The van der Waals surface area contributed by atoms with E-state index >= 15 is 0 Å². The van der Waals surface area contributed by atoms with Gasteiger partial charge in [-0.05, 0) is 26.2 Å². The Bertz CT molecular complexity index is 651. The Labute approximate surface area is 129 Å². The Morgan fingerprint density at radius 3 is 3.00 bits per heavy atom. The molecule has 0 saturated carbocycles. The number of aryl methyl sites for hydroxylation is 1. The van der Waals surface area contributed by atoms with Gasteiger partial charge < -0.3 is 10.1 Å². The lowest BCUT2D eigenvalue weighted by atomic mass is 10.1. The van der Waals surface area contributed by atoms with Gasteiger partial charge in [-0.2, -0.15) is 14.6 Å². The van der Waals surface area contributed by atoms with Crippen LogP contribution in [-0.4, -0.2) is 62.9 Å². The molecule has 1 N–H and O–H groups in total. The Balaban J connectivity index is 1.46. The maximum atomic E-state index is 5.47. The monoisotopic (exact) mass is 302 g/mol. The molecule has 0 radical (unpaired) electrons. The highest BCUT2D eigenvalue weighted by atomic mass is 16.5. The van der Waals surface area contributed by atoms with E-state index in [1.54, 1.807) is 10.8 Å². The number of likely N-dealkylation sites (tertiary alicyclic amines) is 1. The van der Waals surface area contributed by atoms with Crippen LogP contribution in [0.2, 0.25) is 0 Å². The van der Waals surface area contributed by atoms with Crippen LogP contribution in [0.3, 0.4) is 0 Å². The summed E-state index contributed by atoms with van der Waals surface area (Å²) < 4.78 is 7.25. The molecule has 4 rings (SSSR count). The average Bonchev–Trinajstić information content (AvgIpc) is 3.17. The van der Waals surface area contributed by atoms with Crippen molar-refractivity contribution in [1.29, 1.82) is 0 Å². The number of hydrogen-bond donors (Lipinski definition) is 1. The van der Waals surface area contributed by atoms with Crippen molar-refractivity contribution in [2.75, 3.05) is 31.6 Å². The van der Waals surface area contributed by atoms with E-state index in [2.05, 4.69) is 25.3 Å². The summed E-state index contributed by atoms with van der Waals surface area (Å²) in [5.74, 6) is 1.64. The number of hydrogen-bond acceptors (Lipinski definition) is 6. The largest absolute Gasteiger partial charge is 0.381 e. The summed E-state index contributed by atoms with van der Waals surface area (Å²) in [7, 11) is 0. The number of nitrogens with zero attached hydrogens (tertiary/aromatic N) is 5. The molecule has 2 aromatic heterocycles. The van der Waals surface area contributed by atoms with E-state index in [4.69, 9.17) is 4.74 Å². The van der Waals surface area contributed by atoms with Crippen LogP contribution in [0.4, 0.5) is 5.82 Å². The molecule has 7 nitrogen and oxygen atoms in total. The highest BCUT2D eigenvalue weighted by Crippen LogP contribution is 2.22. The second-order valence-corrected chi connectivity index (χ2v) is 6.22. The third-order valence-corrected chi connectivity index (χ3v) is 4.66. The molecule has 0 spiro atoms. The Morgan fingerprint density at radius 1 is 1.27 bits per heavy atom. The minimum atomic E-state index is 0.456. The normalized spacial score (nSPS) is 24.1. The van der Waals surface area contributed by atoms with Crippen molar-refractivity contribution < 1.29 is 4.74 Å². The predicted molar refractivity (Wildman–Crippen MR) is 83.0 cm³/mol. The Morgan fingerprint density at radius 2 is 2.14 bits per heavy atom. The Kier molecular flexibility index (Phi) is 3.67. The smallest absolute Gasteiger partial charge is 0.254 e. The molecule has 0 bridgehead atoms. The zero-order valence-electron chi connectivity index (χ0n) is 12.9. The van der Waals surface area contributed by atoms with Gasteiger partial charge in [0, 0.05) is 50.1 Å². The van der Waals surface area contributed by atoms with Crippen LogP contribution < -0.4 is 5.32 Å². The first kappa shape index (κ1) is 13.9. The minimum absolute atomic E-state index is 0.456. The molecule has 1 unspecified atom stereocenters. The lowest BCUT2D eigenvalue weighted by molar-refractivity contribution is 0.0421. The Hall–Kier alpha value is -1.73. The van der Waals surface area contributed by atoms with Gasteiger partial charge in [0.1, 0.15) is 12.1 Å². The van der Waals surface area contributed by atoms with Gasteiger partial charge in [-0.15, -0.1) is 0 Å². The maximum absolute atomic E-state index is 5.47. The predicted octanol–water partition coefficient (Wildman–Crippen LogP) is 1.10. The number of rotatable bonds is 3. The molecule has 4 heterocycles. The number of fused-ring (bicyclic) bond motifs is 1. The van der Waals surface area contributed by atoms with Crippen molar-refractivity contribution in [2.45, 2.75) is 38.3 Å². The molecular formula is C15H22N6O. The van der Waals surface area contributed by atoms with Crippen LogP contribution in [0.5, 0.6) is 0 Å². The summed E-state index contributed by atoms with van der Waals surface area (Å²) in [6, 6.07) is 3.18. The first-order chi connectivity index (χ1) is 10.8. The number of aromatic nitrogens is 4. The third kappa shape index (κ3) is 2.66. The molecule has 2 aromatic rings. The third-order valence-electron chi connectivity index (χ3n) is 4.66. The summed E-state index contributed by atoms with van der Waals surface area (Å²) in [5, 5.41) is 7.89. The maximum Gasteiger partial charge on any atom is 0.254 e. The van der Waals surface area contributed by atoms with E-state index in [-0.39, 0.29) is 0 Å². The zero-order chi connectivity index (χ0) is 14.9. The van der Waals surface area contributed by atoms with Crippen molar-refractivity contribution in [3.8, 4) is 0 Å². The first-order valence-electron chi connectivity index (χ1n) is 8.05. The summed E-state index contributed by atoms with van der Waals surface area (Å²) in [5.41, 5.74) is 0.960. The van der Waals surface area contributed by atoms with Crippen LogP contribution >= 0.6 is 0 Å². The topological polar surface area (TPSA) is 67.6 Å². The van der Waals surface area contributed by atoms with E-state index in [1.165, 1.54) is 0 Å². The van der Waals surface area contributed by atoms with Crippen LogP contribution in [-0.2, 0) is 4.74 Å². The van der Waals surface area contributed by atoms with Crippen molar-refractivity contribution in [3.63, 3.8) is 0 Å². The highest BCUT2D eigenvalue weighted by molar-refractivity contribution is 5.45. The standard InChI is InChI=1S/C15H22N6O/c1-11-8-14(21-15(18-11)16-10-17-21)19-12-2-5-20(9-12)13-3-6-22-7-4-13/h8,10,12-13,19H,2-7,9H2,1H3. The van der Waals surface area contributed by atoms with Gasteiger partial charge in [-0.25, -0.2) is 4.98 Å². The number of nitrogens with one attached hydrogen (secondary N) is 1. The molecule has 1 atom stereocenters. The van der Waals surface area contributed by atoms with Gasteiger partial charge in [0.25, 0.3) is 5.78 Å². The fraction of sp³-hybridized carbons (Fsp3) is 0.667. The SMILES string of the molecule is Cc1cc(NC2CCN(C3CCOCC3)C2)n2ncnc2n1. The number of anilines is 1. The average molecular weight is 302 g/mol. The highest BCUT2D eigenvalue weighted by Gasteiger charge is 2.29. The molecule has 2 fully saturated rings. The first-order valence-corrected chi connectivity index (χ1v) is 8.05. The molecule has 0 aliphatic carbocycles. The molecule has 22 heavy (non-hydrogen) atoms. The van der Waals surface area contributed by atoms with Gasteiger partial charge in [-0.1, -0.05) is 0 Å². The summed E-state index contributed by atoms with van der Waals surface area (Å²) in [6.07, 6.45) is 5.04. The molecule has 7 heteroatoms. The quantitative estimate of drug-likeness (QED) is 0.916. The molecule has 2 aliphatic heterocycles. The van der Waals surface area contributed by atoms with Crippen molar-refractivity contribution in [3.05, 3.63) is 18.1 Å². The van der Waals surface area contributed by atoms with Gasteiger partial charge in [0.05, 0.1) is 0 Å². The minimum Gasteiger partial charge on any atom is -0.381 e. The van der Waals surface area contributed by atoms with Crippen LogP contribution in [0.1, 0.15) is 25.0 Å². The van der Waals surface area contributed by atoms with E-state index in [0.29, 0.717) is 17.9 Å². The second kappa shape index (κ2) is 5.81. The van der Waals surface area contributed by atoms with Gasteiger partial charge in [0.15, 0.2) is 0 Å². The fourth-order valence-electron chi connectivity index (χ4n) is 3.53. The van der Waals surface area contributed by atoms with E-state index in [0.717, 1.165) is 57.1 Å². The molecular weight excluding hydrogens is 280 g/mol. The van der Waals surface area contributed by atoms with Gasteiger partial charge >= 0.3 is 0 Å². The van der Waals surface area contributed by atoms with Crippen molar-refractivity contribution in [1.82, 2.24) is 24.5 Å². The van der Waals surface area contributed by atoms with Gasteiger partial charge in [0.2, 0.25) is 0 Å². The van der Waals surface area contributed by atoms with E-state index in [9.17, 15) is 0 Å². The van der Waals surface area contributed by atoms with Gasteiger partial charge in [-0.3, -0.25) is 4.90 Å². The lowest BCUT2D eigenvalue weighted by Crippen LogP contribution is -2.39. The van der Waals surface area contributed by atoms with E-state index < -0.39 is 0 Å². The van der Waals surface area contributed by atoms with Crippen LogP contribution in [0.15, 0.2) is 12.4 Å². The van der Waals surface area contributed by atoms with Crippen molar-refractivity contribution >= 4 is 11.6 Å². The summed E-state index contributed by atoms with van der Waals surface area (Å²) >= 11 is 0. The second-order valence-electron chi connectivity index (χ2n) is 6.22. The number of ether oxygens (including phenoxy) is 1. The summed E-state index contributed by atoms with van der Waals surface area (Å²) in [6.45, 7) is 6.04. The summed E-state index contributed by atoms with van der Waals surface area (Å²) in [4.78, 5) is 11.2. The zero-order valence-corrected chi connectivity index (χ0v) is 12.9. The molecule has 2 aliphatic rings. The van der Waals surface area contributed by atoms with E-state index in [1.807, 2.05) is 13.0 Å². The van der Waals surface area contributed by atoms with Crippen LogP contribution in [0.25, 0.3) is 5.78 Å². The molecule has 118 valence electrons.